The summed E-state index contributed by atoms with van der Waals surface area (Å²) in [6, 6.07) is 0. The summed E-state index contributed by atoms with van der Waals surface area (Å²) in [5, 5.41) is 9.94. The second-order valence-corrected chi connectivity index (χ2v) is 7.15. The third-order valence-electron chi connectivity index (χ3n) is 4.82. The van der Waals surface area contributed by atoms with Crippen LogP contribution in [0.5, 0.6) is 0 Å². The Balaban J connectivity index is 1.75. The number of hydrogen-bond acceptors (Lipinski definition) is 5. The molecule has 2 saturated heterocycles. The highest BCUT2D eigenvalue weighted by Gasteiger charge is 2.51. The highest BCUT2D eigenvalue weighted by molar-refractivity contribution is 5.04. The highest BCUT2D eigenvalue weighted by Crippen LogP contribution is 2.42. The Labute approximate surface area is 129 Å². The van der Waals surface area contributed by atoms with Gasteiger partial charge in [-0.25, -0.2) is 0 Å². The van der Waals surface area contributed by atoms with Gasteiger partial charge in [0.1, 0.15) is 0 Å². The lowest BCUT2D eigenvalue weighted by molar-refractivity contribution is 0.0549. The van der Waals surface area contributed by atoms with Gasteiger partial charge in [-0.15, -0.1) is 0 Å². The fraction of sp³-hybridized carbons (Fsp3) is 1.00. The van der Waals surface area contributed by atoms with E-state index in [0.717, 1.165) is 45.9 Å². The van der Waals surface area contributed by atoms with Gasteiger partial charge >= 0.3 is 0 Å². The summed E-state index contributed by atoms with van der Waals surface area (Å²) >= 11 is 0. The third kappa shape index (κ3) is 4.39. The average Bonchev–Trinajstić information content (AvgIpc) is 2.91. The number of fused-ring (bicyclic) bond motifs is 1. The van der Waals surface area contributed by atoms with E-state index in [9.17, 15) is 5.11 Å². The van der Waals surface area contributed by atoms with Crippen molar-refractivity contribution < 1.29 is 14.6 Å². The van der Waals surface area contributed by atoms with Gasteiger partial charge in [0.2, 0.25) is 0 Å². The van der Waals surface area contributed by atoms with Crippen LogP contribution < -0.4 is 0 Å². The van der Waals surface area contributed by atoms with E-state index in [1.165, 1.54) is 0 Å². The van der Waals surface area contributed by atoms with Crippen LogP contribution in [0.2, 0.25) is 0 Å². The molecule has 2 atom stereocenters. The molecule has 5 nitrogen and oxygen atoms in total. The van der Waals surface area contributed by atoms with E-state index in [2.05, 4.69) is 23.6 Å². The first-order valence-electron chi connectivity index (χ1n) is 8.22. The second-order valence-electron chi connectivity index (χ2n) is 7.15. The zero-order valence-corrected chi connectivity index (χ0v) is 13.9. The van der Waals surface area contributed by atoms with Crippen molar-refractivity contribution >= 4 is 0 Å². The molecular formula is C16H32N2O3. The fourth-order valence-corrected chi connectivity index (χ4v) is 3.89. The molecule has 0 aromatic rings. The molecule has 2 fully saturated rings. The van der Waals surface area contributed by atoms with E-state index in [0.29, 0.717) is 31.7 Å². The van der Waals surface area contributed by atoms with Crippen LogP contribution in [-0.2, 0) is 9.47 Å². The lowest BCUT2D eigenvalue weighted by atomic mass is 9.82. The van der Waals surface area contributed by atoms with Gasteiger partial charge < -0.3 is 19.5 Å². The second kappa shape index (κ2) is 7.88. The zero-order valence-electron chi connectivity index (χ0n) is 13.9. The predicted molar refractivity (Wildman–Crippen MR) is 83.4 cm³/mol. The first-order chi connectivity index (χ1) is 10.1. The summed E-state index contributed by atoms with van der Waals surface area (Å²) < 4.78 is 10.5. The van der Waals surface area contributed by atoms with Crippen LogP contribution in [0, 0.1) is 17.3 Å². The number of methoxy groups -OCH3 is 1. The highest BCUT2D eigenvalue weighted by atomic mass is 16.5. The lowest BCUT2D eigenvalue weighted by Gasteiger charge is -2.28. The molecule has 2 aliphatic heterocycles. The minimum absolute atomic E-state index is 0.0986. The molecule has 1 N–H and O–H groups in total. The van der Waals surface area contributed by atoms with Crippen molar-refractivity contribution in [3.05, 3.63) is 0 Å². The molecule has 2 heterocycles. The Kier molecular flexibility index (Phi) is 6.44. The van der Waals surface area contributed by atoms with Crippen LogP contribution in [0.3, 0.4) is 0 Å². The molecule has 124 valence electrons. The molecule has 0 saturated carbocycles. The summed E-state index contributed by atoms with van der Waals surface area (Å²) in [5.41, 5.74) is 0.0986. The number of rotatable bonds is 9. The number of likely N-dealkylation sites (tertiary alicyclic amines) is 2. The Hall–Kier alpha value is -0.200. The molecule has 2 rings (SSSR count). The summed E-state index contributed by atoms with van der Waals surface area (Å²) in [7, 11) is 1.69. The lowest BCUT2D eigenvalue weighted by Crippen LogP contribution is -2.38. The fourth-order valence-electron chi connectivity index (χ4n) is 3.89. The van der Waals surface area contributed by atoms with E-state index >= 15 is 0 Å². The molecule has 2 aliphatic rings. The van der Waals surface area contributed by atoms with Crippen LogP contribution >= 0.6 is 0 Å². The van der Waals surface area contributed by atoms with Crippen molar-refractivity contribution in [3.63, 3.8) is 0 Å². The maximum Gasteiger partial charge on any atom is 0.0700 e. The summed E-state index contributed by atoms with van der Waals surface area (Å²) in [4.78, 5) is 5.00. The molecule has 0 bridgehead atoms. The van der Waals surface area contributed by atoms with Crippen molar-refractivity contribution in [1.82, 2.24) is 9.80 Å². The number of nitrogens with zero attached hydrogens (tertiary/aromatic N) is 2. The van der Waals surface area contributed by atoms with Gasteiger partial charge in [-0.3, -0.25) is 4.90 Å². The molecular weight excluding hydrogens is 268 g/mol. The number of hydrogen-bond donors (Lipinski definition) is 1. The van der Waals surface area contributed by atoms with E-state index in [-0.39, 0.29) is 5.41 Å². The average molecular weight is 300 g/mol. The molecule has 0 radical (unpaired) electrons. The van der Waals surface area contributed by atoms with Crippen molar-refractivity contribution in [3.8, 4) is 0 Å². The molecule has 21 heavy (non-hydrogen) atoms. The maximum atomic E-state index is 9.94. The van der Waals surface area contributed by atoms with E-state index in [1.807, 2.05) is 0 Å². The minimum Gasteiger partial charge on any atom is -0.396 e. The standard InChI is InChI=1S/C16H32N2O3/c1-14(2)8-18-10-15-9-17(4-5-21-7-6-20-3)11-16(15,12-18)13-19/h14-15,19H,4-13H2,1-3H3. The molecule has 0 spiro atoms. The molecule has 0 aromatic heterocycles. The molecule has 5 heteroatoms. The molecule has 0 aromatic carbocycles. The third-order valence-corrected chi connectivity index (χ3v) is 4.82. The summed E-state index contributed by atoms with van der Waals surface area (Å²) in [5.74, 6) is 1.31. The largest absolute Gasteiger partial charge is 0.396 e. The number of aliphatic hydroxyl groups is 1. The predicted octanol–water partition coefficient (Wildman–Crippen LogP) is 0.532. The Morgan fingerprint density at radius 1 is 1.14 bits per heavy atom. The Morgan fingerprint density at radius 2 is 1.86 bits per heavy atom. The van der Waals surface area contributed by atoms with Gasteiger partial charge in [-0.05, 0) is 11.8 Å². The maximum absolute atomic E-state index is 9.94. The Bertz CT molecular complexity index is 314. The summed E-state index contributed by atoms with van der Waals surface area (Å²) in [6.45, 7) is 13.3. The SMILES string of the molecule is COCCOCCN1CC2CN(CC(C)C)CC2(CO)C1. The first-order valence-corrected chi connectivity index (χ1v) is 8.22. The van der Waals surface area contributed by atoms with E-state index in [4.69, 9.17) is 9.47 Å². The van der Waals surface area contributed by atoms with Gasteiger partial charge in [-0.1, -0.05) is 13.8 Å². The van der Waals surface area contributed by atoms with Crippen LogP contribution in [-0.4, -0.2) is 87.7 Å². The van der Waals surface area contributed by atoms with Gasteiger partial charge in [0, 0.05) is 51.8 Å². The minimum atomic E-state index is 0.0986. The number of aliphatic hydroxyl groups excluding tert-OH is 1. The smallest absolute Gasteiger partial charge is 0.0700 e. The van der Waals surface area contributed by atoms with Crippen molar-refractivity contribution in [2.45, 2.75) is 13.8 Å². The topological polar surface area (TPSA) is 45.2 Å². The summed E-state index contributed by atoms with van der Waals surface area (Å²) in [6.07, 6.45) is 0. The van der Waals surface area contributed by atoms with Crippen LogP contribution in [0.4, 0.5) is 0 Å². The van der Waals surface area contributed by atoms with Crippen molar-refractivity contribution in [2.75, 3.05) is 72.8 Å². The van der Waals surface area contributed by atoms with Crippen molar-refractivity contribution in [2.24, 2.45) is 17.3 Å². The molecule has 0 amide bonds. The number of ether oxygens (including phenoxy) is 2. The van der Waals surface area contributed by atoms with Crippen LogP contribution in [0.25, 0.3) is 0 Å². The normalized spacial score (nSPS) is 30.4. The van der Waals surface area contributed by atoms with E-state index in [1.54, 1.807) is 7.11 Å². The Morgan fingerprint density at radius 3 is 2.48 bits per heavy atom. The zero-order chi connectivity index (χ0) is 15.3. The molecule has 0 aliphatic carbocycles. The van der Waals surface area contributed by atoms with Gasteiger partial charge in [0.25, 0.3) is 0 Å². The first kappa shape index (κ1) is 17.2. The van der Waals surface area contributed by atoms with Gasteiger partial charge in [0.05, 0.1) is 26.4 Å². The van der Waals surface area contributed by atoms with Gasteiger partial charge in [-0.2, -0.15) is 0 Å². The monoisotopic (exact) mass is 300 g/mol. The molecule has 2 unspecified atom stereocenters. The van der Waals surface area contributed by atoms with Crippen LogP contribution in [0.15, 0.2) is 0 Å². The van der Waals surface area contributed by atoms with Crippen LogP contribution in [0.1, 0.15) is 13.8 Å². The van der Waals surface area contributed by atoms with E-state index < -0.39 is 0 Å². The van der Waals surface area contributed by atoms with Crippen molar-refractivity contribution in [1.29, 1.82) is 0 Å². The quantitative estimate of drug-likeness (QED) is 0.630. The van der Waals surface area contributed by atoms with Gasteiger partial charge in [0.15, 0.2) is 0 Å².